The normalized spacial score (nSPS) is 29.0. The fourth-order valence-corrected chi connectivity index (χ4v) is 6.28. The smallest absolute Gasteiger partial charge is 0.118 e. The van der Waals surface area contributed by atoms with Gasteiger partial charge in [-0.25, -0.2) is 0 Å². The summed E-state index contributed by atoms with van der Waals surface area (Å²) in [5.41, 5.74) is 4.10. The molecule has 2 saturated carbocycles. The lowest BCUT2D eigenvalue weighted by Crippen LogP contribution is -2.34. The van der Waals surface area contributed by atoms with E-state index in [1.807, 2.05) is 12.1 Å². The second-order valence-electron chi connectivity index (χ2n) is 10.2. The number of aryl methyl sites for hydroxylation is 1. The van der Waals surface area contributed by atoms with Gasteiger partial charge in [0.25, 0.3) is 0 Å². The number of hydrogen-bond donors (Lipinski definition) is 1. The Morgan fingerprint density at radius 3 is 2.13 bits per heavy atom. The first kappa shape index (κ1) is 22.4. The summed E-state index contributed by atoms with van der Waals surface area (Å²) in [7, 11) is 1.70. The van der Waals surface area contributed by atoms with Crippen molar-refractivity contribution in [3.63, 3.8) is 0 Å². The minimum Gasteiger partial charge on any atom is -0.497 e. The lowest BCUT2D eigenvalue weighted by atomic mass is 9.66. The highest BCUT2D eigenvalue weighted by atomic mass is 16.5. The van der Waals surface area contributed by atoms with E-state index < -0.39 is 5.60 Å². The molecule has 4 rings (SSSR count). The number of benzene rings is 2. The molecule has 2 nitrogen and oxygen atoms in total. The summed E-state index contributed by atoms with van der Waals surface area (Å²) in [6, 6.07) is 14.8. The topological polar surface area (TPSA) is 29.5 Å². The third-order valence-corrected chi connectivity index (χ3v) is 8.28. The molecular formula is C29H40O2. The Labute approximate surface area is 189 Å². The molecule has 2 aliphatic rings. The van der Waals surface area contributed by atoms with Gasteiger partial charge in [0.1, 0.15) is 5.75 Å². The maximum atomic E-state index is 11.5. The van der Waals surface area contributed by atoms with Gasteiger partial charge < -0.3 is 9.84 Å². The van der Waals surface area contributed by atoms with Gasteiger partial charge >= 0.3 is 0 Å². The van der Waals surface area contributed by atoms with Crippen molar-refractivity contribution in [2.24, 2.45) is 17.8 Å². The molecule has 0 unspecified atom stereocenters. The van der Waals surface area contributed by atoms with Crippen LogP contribution in [0.2, 0.25) is 0 Å². The third kappa shape index (κ3) is 5.00. The van der Waals surface area contributed by atoms with Crippen molar-refractivity contribution in [2.75, 3.05) is 7.11 Å². The number of aliphatic hydroxyl groups is 1. The Kier molecular flexibility index (Phi) is 7.06. The zero-order valence-electron chi connectivity index (χ0n) is 19.7. The Bertz CT molecular complexity index is 838. The number of rotatable bonds is 6. The third-order valence-electron chi connectivity index (χ3n) is 8.28. The van der Waals surface area contributed by atoms with E-state index in [1.165, 1.54) is 68.1 Å². The van der Waals surface area contributed by atoms with E-state index in [1.54, 1.807) is 7.11 Å². The first-order valence-electron chi connectivity index (χ1n) is 12.5. The summed E-state index contributed by atoms with van der Waals surface area (Å²) >= 11 is 0. The van der Waals surface area contributed by atoms with Crippen molar-refractivity contribution < 1.29 is 9.84 Å². The van der Waals surface area contributed by atoms with Gasteiger partial charge in [-0.2, -0.15) is 0 Å². The van der Waals surface area contributed by atoms with Crippen molar-refractivity contribution in [3.8, 4) is 16.9 Å². The van der Waals surface area contributed by atoms with Crippen LogP contribution in [0.1, 0.15) is 82.3 Å². The van der Waals surface area contributed by atoms with Gasteiger partial charge in [-0.3, -0.25) is 0 Å². The molecule has 2 fully saturated rings. The molecule has 0 radical (unpaired) electrons. The summed E-state index contributed by atoms with van der Waals surface area (Å²) in [6.45, 7) is 4.48. The predicted molar refractivity (Wildman–Crippen MR) is 129 cm³/mol. The largest absolute Gasteiger partial charge is 0.497 e. The molecule has 2 heteroatoms. The number of hydrogen-bond acceptors (Lipinski definition) is 2. The molecule has 2 aromatic carbocycles. The van der Waals surface area contributed by atoms with Crippen molar-refractivity contribution in [1.29, 1.82) is 0 Å². The van der Waals surface area contributed by atoms with Crippen LogP contribution >= 0.6 is 0 Å². The molecule has 2 aromatic rings. The molecule has 31 heavy (non-hydrogen) atoms. The first-order chi connectivity index (χ1) is 15.0. The average Bonchev–Trinajstić information content (AvgIpc) is 2.80. The molecule has 0 saturated heterocycles. The van der Waals surface area contributed by atoms with Crippen LogP contribution in [0.5, 0.6) is 5.75 Å². The first-order valence-corrected chi connectivity index (χ1v) is 12.5. The quantitative estimate of drug-likeness (QED) is 0.520. The van der Waals surface area contributed by atoms with Crippen LogP contribution in [-0.2, 0) is 5.60 Å². The fourth-order valence-electron chi connectivity index (χ4n) is 6.28. The van der Waals surface area contributed by atoms with Gasteiger partial charge in [-0.15, -0.1) is 0 Å². The van der Waals surface area contributed by atoms with Gasteiger partial charge in [0, 0.05) is 0 Å². The SMILES string of the molecule is CCCC1CCC(C2CCC(O)(c3ccc(-c4ccc(OC)cc4)c(C)c3)CC2)CC1. The number of ether oxygens (including phenoxy) is 1. The summed E-state index contributed by atoms with van der Waals surface area (Å²) < 4.78 is 5.28. The van der Waals surface area contributed by atoms with E-state index in [0.717, 1.165) is 41.9 Å². The van der Waals surface area contributed by atoms with Crippen LogP contribution in [0.15, 0.2) is 42.5 Å². The maximum Gasteiger partial charge on any atom is 0.118 e. The lowest BCUT2D eigenvalue weighted by molar-refractivity contribution is -0.0260. The van der Waals surface area contributed by atoms with Crippen molar-refractivity contribution in [1.82, 2.24) is 0 Å². The maximum absolute atomic E-state index is 11.5. The molecule has 0 amide bonds. The van der Waals surface area contributed by atoms with Gasteiger partial charge in [0.2, 0.25) is 0 Å². The van der Waals surface area contributed by atoms with Crippen LogP contribution in [0, 0.1) is 24.7 Å². The molecule has 2 aliphatic carbocycles. The molecule has 0 atom stereocenters. The zero-order chi connectivity index (χ0) is 21.8. The second-order valence-corrected chi connectivity index (χ2v) is 10.2. The molecular weight excluding hydrogens is 380 g/mol. The molecule has 168 valence electrons. The summed E-state index contributed by atoms with van der Waals surface area (Å²) in [4.78, 5) is 0. The molecule has 0 bridgehead atoms. The zero-order valence-corrected chi connectivity index (χ0v) is 19.7. The molecule has 1 N–H and O–H groups in total. The van der Waals surface area contributed by atoms with E-state index in [4.69, 9.17) is 4.74 Å². The molecule has 0 spiro atoms. The van der Waals surface area contributed by atoms with E-state index in [-0.39, 0.29) is 0 Å². The highest BCUT2D eigenvalue weighted by Gasteiger charge is 2.38. The van der Waals surface area contributed by atoms with Gasteiger partial charge in [-0.05, 0) is 97.6 Å². The minimum absolute atomic E-state index is 0.654. The Hall–Kier alpha value is -1.80. The van der Waals surface area contributed by atoms with E-state index in [2.05, 4.69) is 44.2 Å². The average molecular weight is 421 g/mol. The minimum atomic E-state index is -0.654. The molecule has 0 aromatic heterocycles. The van der Waals surface area contributed by atoms with Crippen LogP contribution < -0.4 is 4.74 Å². The van der Waals surface area contributed by atoms with Crippen LogP contribution in [0.3, 0.4) is 0 Å². The Balaban J connectivity index is 1.39. The summed E-state index contributed by atoms with van der Waals surface area (Å²) in [5.74, 6) is 3.58. The molecule has 0 heterocycles. The fraction of sp³-hybridized carbons (Fsp3) is 0.586. The van der Waals surface area contributed by atoms with E-state index >= 15 is 0 Å². The molecule has 0 aliphatic heterocycles. The van der Waals surface area contributed by atoms with Crippen molar-refractivity contribution in [2.45, 2.75) is 83.7 Å². The van der Waals surface area contributed by atoms with E-state index in [0.29, 0.717) is 0 Å². The van der Waals surface area contributed by atoms with Crippen LogP contribution in [0.4, 0.5) is 0 Å². The summed E-state index contributed by atoms with van der Waals surface area (Å²) in [6.07, 6.45) is 12.6. The Morgan fingerprint density at radius 1 is 0.903 bits per heavy atom. The van der Waals surface area contributed by atoms with Gasteiger partial charge in [-0.1, -0.05) is 62.9 Å². The predicted octanol–water partition coefficient (Wildman–Crippen LogP) is 7.65. The van der Waals surface area contributed by atoms with Gasteiger partial charge in [0.15, 0.2) is 0 Å². The monoisotopic (exact) mass is 420 g/mol. The highest BCUT2D eigenvalue weighted by molar-refractivity contribution is 5.68. The summed E-state index contributed by atoms with van der Waals surface area (Å²) in [5, 5.41) is 11.5. The van der Waals surface area contributed by atoms with Gasteiger partial charge in [0.05, 0.1) is 12.7 Å². The van der Waals surface area contributed by atoms with Crippen molar-refractivity contribution in [3.05, 3.63) is 53.6 Å². The van der Waals surface area contributed by atoms with Crippen LogP contribution in [-0.4, -0.2) is 12.2 Å². The Morgan fingerprint density at radius 2 is 1.55 bits per heavy atom. The van der Waals surface area contributed by atoms with E-state index in [9.17, 15) is 5.11 Å². The lowest BCUT2D eigenvalue weighted by Gasteiger charge is -2.41. The number of methoxy groups -OCH3 is 1. The standard InChI is InChI=1S/C29H40O2/c1-4-5-22-6-8-23(9-7-22)24-16-18-29(30,19-17-24)26-12-15-28(21(2)20-26)25-10-13-27(31-3)14-11-25/h10-15,20,22-24,30H,4-9,16-19H2,1-3H3. The van der Waals surface area contributed by atoms with Crippen LogP contribution in [0.25, 0.3) is 11.1 Å². The second kappa shape index (κ2) is 9.77. The highest BCUT2D eigenvalue weighted by Crippen LogP contribution is 2.46. The van der Waals surface area contributed by atoms with Crippen molar-refractivity contribution >= 4 is 0 Å².